The molecular formula is C12H14F2N4O. The minimum Gasteiger partial charge on any atom is -0.434 e. The van der Waals surface area contributed by atoms with E-state index in [1.807, 2.05) is 0 Å². The molecular weight excluding hydrogens is 254 g/mol. The van der Waals surface area contributed by atoms with Crippen LogP contribution in [0.4, 0.5) is 8.78 Å². The topological polar surface area (TPSA) is 65.1 Å². The van der Waals surface area contributed by atoms with Gasteiger partial charge in [0.1, 0.15) is 5.75 Å². The van der Waals surface area contributed by atoms with Gasteiger partial charge in [-0.05, 0) is 12.1 Å². The molecule has 19 heavy (non-hydrogen) atoms. The van der Waals surface area contributed by atoms with Crippen LogP contribution in [0.3, 0.4) is 0 Å². The second-order valence-electron chi connectivity index (χ2n) is 3.90. The molecule has 0 saturated carbocycles. The summed E-state index contributed by atoms with van der Waals surface area (Å²) in [6.07, 6.45) is 1.61. The summed E-state index contributed by atoms with van der Waals surface area (Å²) in [7, 11) is 1.75. The smallest absolute Gasteiger partial charge is 0.387 e. The summed E-state index contributed by atoms with van der Waals surface area (Å²) in [5.74, 6) is 5.62. The highest BCUT2D eigenvalue weighted by Gasteiger charge is 2.21. The Labute approximate surface area is 108 Å². The molecule has 3 N–H and O–H groups in total. The van der Waals surface area contributed by atoms with Crippen molar-refractivity contribution in [3.8, 4) is 5.75 Å². The molecule has 2 rings (SSSR count). The van der Waals surface area contributed by atoms with Gasteiger partial charge in [-0.2, -0.15) is 13.9 Å². The van der Waals surface area contributed by atoms with Gasteiger partial charge >= 0.3 is 6.61 Å². The Bertz CT molecular complexity index is 544. The van der Waals surface area contributed by atoms with Gasteiger partial charge in [0.25, 0.3) is 0 Å². The van der Waals surface area contributed by atoms with Gasteiger partial charge in [0.15, 0.2) is 0 Å². The SMILES string of the molecule is Cn1nccc1C(NN)c1ccccc1OC(F)F. The predicted molar refractivity (Wildman–Crippen MR) is 65.4 cm³/mol. The maximum atomic E-state index is 12.4. The summed E-state index contributed by atoms with van der Waals surface area (Å²) in [5, 5.41) is 4.03. The van der Waals surface area contributed by atoms with Crippen LogP contribution in [0.1, 0.15) is 17.3 Å². The summed E-state index contributed by atoms with van der Waals surface area (Å²) in [5.41, 5.74) is 3.85. The standard InChI is InChI=1S/C12H14F2N4O/c1-18-9(6-7-16-18)11(17-15)8-4-2-3-5-10(8)19-12(13)14/h2-7,11-12,17H,15H2,1H3. The largest absolute Gasteiger partial charge is 0.434 e. The third-order valence-electron chi connectivity index (χ3n) is 2.77. The molecule has 0 fully saturated rings. The van der Waals surface area contributed by atoms with Crippen molar-refractivity contribution in [3.63, 3.8) is 0 Å². The minimum atomic E-state index is -2.88. The van der Waals surface area contributed by atoms with Crippen molar-refractivity contribution in [2.45, 2.75) is 12.7 Å². The zero-order valence-corrected chi connectivity index (χ0v) is 10.3. The zero-order chi connectivity index (χ0) is 13.8. The fourth-order valence-electron chi connectivity index (χ4n) is 1.92. The summed E-state index contributed by atoms with van der Waals surface area (Å²) < 4.78 is 30.9. The molecule has 102 valence electrons. The van der Waals surface area contributed by atoms with Gasteiger partial charge in [0.2, 0.25) is 0 Å². The number of nitrogens with one attached hydrogen (secondary N) is 1. The molecule has 1 aromatic heterocycles. The molecule has 1 atom stereocenters. The van der Waals surface area contributed by atoms with Crippen LogP contribution in [-0.4, -0.2) is 16.4 Å². The van der Waals surface area contributed by atoms with Gasteiger partial charge in [0, 0.05) is 18.8 Å². The predicted octanol–water partition coefficient (Wildman–Crippen LogP) is 1.57. The maximum Gasteiger partial charge on any atom is 0.387 e. The number of rotatable bonds is 5. The Morgan fingerprint density at radius 2 is 2.05 bits per heavy atom. The number of aryl methyl sites for hydroxylation is 1. The quantitative estimate of drug-likeness (QED) is 0.638. The van der Waals surface area contributed by atoms with Gasteiger partial charge in [0.05, 0.1) is 11.7 Å². The molecule has 0 spiro atoms. The highest BCUT2D eigenvalue weighted by atomic mass is 19.3. The highest BCUT2D eigenvalue weighted by Crippen LogP contribution is 2.30. The number of halogens is 2. The number of hydrazine groups is 1. The third kappa shape index (κ3) is 2.88. The molecule has 1 heterocycles. The van der Waals surface area contributed by atoms with E-state index in [2.05, 4.69) is 15.3 Å². The summed E-state index contributed by atoms with van der Waals surface area (Å²) in [6, 6.07) is 7.77. The van der Waals surface area contributed by atoms with E-state index in [9.17, 15) is 8.78 Å². The van der Waals surface area contributed by atoms with Gasteiger partial charge in [-0.3, -0.25) is 10.5 Å². The number of hydrogen-bond acceptors (Lipinski definition) is 4. The summed E-state index contributed by atoms with van der Waals surface area (Å²) in [4.78, 5) is 0. The Morgan fingerprint density at radius 3 is 2.63 bits per heavy atom. The van der Waals surface area contributed by atoms with E-state index in [0.717, 1.165) is 5.69 Å². The summed E-state index contributed by atoms with van der Waals surface area (Å²) in [6.45, 7) is -2.88. The lowest BCUT2D eigenvalue weighted by Gasteiger charge is -2.19. The average molecular weight is 268 g/mol. The van der Waals surface area contributed by atoms with Crippen molar-refractivity contribution in [1.29, 1.82) is 0 Å². The first-order valence-corrected chi connectivity index (χ1v) is 5.61. The van der Waals surface area contributed by atoms with Crippen molar-refractivity contribution in [2.24, 2.45) is 12.9 Å². The van der Waals surface area contributed by atoms with Crippen molar-refractivity contribution < 1.29 is 13.5 Å². The van der Waals surface area contributed by atoms with Gasteiger partial charge in [-0.1, -0.05) is 18.2 Å². The van der Waals surface area contributed by atoms with Crippen LogP contribution in [0.5, 0.6) is 5.75 Å². The molecule has 0 aliphatic carbocycles. The van der Waals surface area contributed by atoms with E-state index >= 15 is 0 Å². The van der Waals surface area contributed by atoms with Crippen LogP contribution in [0.2, 0.25) is 0 Å². The van der Waals surface area contributed by atoms with Gasteiger partial charge in [-0.25, -0.2) is 5.43 Å². The van der Waals surface area contributed by atoms with E-state index < -0.39 is 12.7 Å². The number of alkyl halides is 2. The second kappa shape index (κ2) is 5.77. The van der Waals surface area contributed by atoms with E-state index in [1.54, 1.807) is 42.2 Å². The average Bonchev–Trinajstić information content (AvgIpc) is 2.78. The maximum absolute atomic E-state index is 12.4. The van der Waals surface area contributed by atoms with Crippen LogP contribution < -0.4 is 16.0 Å². The van der Waals surface area contributed by atoms with Crippen molar-refractivity contribution >= 4 is 0 Å². The van der Waals surface area contributed by atoms with Crippen LogP contribution in [0.15, 0.2) is 36.5 Å². The van der Waals surface area contributed by atoms with Crippen LogP contribution in [0, 0.1) is 0 Å². The molecule has 7 heteroatoms. The van der Waals surface area contributed by atoms with E-state index in [1.165, 1.54) is 6.07 Å². The normalized spacial score (nSPS) is 12.7. The third-order valence-corrected chi connectivity index (χ3v) is 2.77. The minimum absolute atomic E-state index is 0.0849. The van der Waals surface area contributed by atoms with Gasteiger partial charge < -0.3 is 4.74 Å². The molecule has 0 saturated heterocycles. The Hall–Kier alpha value is -1.99. The lowest BCUT2D eigenvalue weighted by molar-refractivity contribution is -0.0506. The number of hydrogen-bond donors (Lipinski definition) is 2. The molecule has 5 nitrogen and oxygen atoms in total. The molecule has 0 radical (unpaired) electrons. The molecule has 0 aliphatic rings. The lowest BCUT2D eigenvalue weighted by Crippen LogP contribution is -2.30. The molecule has 0 aliphatic heterocycles. The van der Waals surface area contributed by atoms with E-state index in [-0.39, 0.29) is 5.75 Å². The van der Waals surface area contributed by atoms with E-state index in [0.29, 0.717) is 5.56 Å². The Kier molecular flexibility index (Phi) is 4.08. The fraction of sp³-hybridized carbons (Fsp3) is 0.250. The van der Waals surface area contributed by atoms with Crippen LogP contribution in [-0.2, 0) is 7.05 Å². The first kappa shape index (κ1) is 13.4. The Balaban J connectivity index is 2.41. The molecule has 2 aromatic rings. The van der Waals surface area contributed by atoms with Gasteiger partial charge in [-0.15, -0.1) is 0 Å². The Morgan fingerprint density at radius 1 is 1.32 bits per heavy atom. The molecule has 0 amide bonds. The van der Waals surface area contributed by atoms with Crippen LogP contribution >= 0.6 is 0 Å². The highest BCUT2D eigenvalue weighted by molar-refractivity contribution is 5.39. The van der Waals surface area contributed by atoms with Crippen molar-refractivity contribution in [2.75, 3.05) is 0 Å². The van der Waals surface area contributed by atoms with E-state index in [4.69, 9.17) is 5.84 Å². The monoisotopic (exact) mass is 268 g/mol. The molecule has 0 bridgehead atoms. The number of benzene rings is 1. The first-order chi connectivity index (χ1) is 9.13. The van der Waals surface area contributed by atoms with Crippen molar-refractivity contribution in [1.82, 2.24) is 15.2 Å². The number of aromatic nitrogens is 2. The second-order valence-corrected chi connectivity index (χ2v) is 3.90. The fourth-order valence-corrected chi connectivity index (χ4v) is 1.92. The zero-order valence-electron chi connectivity index (χ0n) is 10.3. The first-order valence-electron chi connectivity index (χ1n) is 5.61. The molecule has 1 unspecified atom stereocenters. The van der Waals surface area contributed by atoms with Crippen molar-refractivity contribution in [3.05, 3.63) is 47.8 Å². The molecule has 1 aromatic carbocycles. The summed E-state index contributed by atoms with van der Waals surface area (Å²) >= 11 is 0. The number of ether oxygens (including phenoxy) is 1. The van der Waals surface area contributed by atoms with Crippen LogP contribution in [0.25, 0.3) is 0 Å². The lowest BCUT2D eigenvalue weighted by atomic mass is 10.0. The number of nitrogens with zero attached hydrogens (tertiary/aromatic N) is 2. The number of para-hydroxylation sites is 1. The number of nitrogens with two attached hydrogens (primary N) is 1.